The minimum Gasteiger partial charge on any atom is -0.508 e. The molecule has 5 nitrogen and oxygen atoms in total. The molecule has 0 bridgehead atoms. The number of phenolic OH excluding ortho intramolecular Hbond substituents is 1. The Bertz CT molecular complexity index is 556. The molecule has 0 saturated heterocycles. The van der Waals surface area contributed by atoms with Gasteiger partial charge in [0.25, 0.3) is 0 Å². The maximum absolute atomic E-state index is 12.6. The number of aryl methyl sites for hydroxylation is 1. The molecule has 0 heterocycles. The van der Waals surface area contributed by atoms with Crippen molar-refractivity contribution >= 4 is 11.6 Å². The van der Waals surface area contributed by atoms with Crippen LogP contribution in [-0.2, 0) is 9.53 Å². The molecular formula is C16H24N2O3. The molecule has 21 heavy (non-hydrogen) atoms. The minimum atomic E-state index is -0.947. The highest BCUT2D eigenvalue weighted by Gasteiger charge is 2.62. The first kappa shape index (κ1) is 15.8. The van der Waals surface area contributed by atoms with Gasteiger partial charge in [0.2, 0.25) is 5.91 Å². The number of ether oxygens (including phenoxy) is 1. The predicted molar refractivity (Wildman–Crippen MR) is 82.2 cm³/mol. The van der Waals surface area contributed by atoms with Crippen molar-refractivity contribution < 1.29 is 14.6 Å². The summed E-state index contributed by atoms with van der Waals surface area (Å²) in [5, 5.41) is 12.3. The second-order valence-electron chi connectivity index (χ2n) is 6.29. The fraction of sp³-hybridized carbons (Fsp3) is 0.562. The molecule has 0 spiro atoms. The molecule has 0 radical (unpaired) electrons. The minimum absolute atomic E-state index is 0.000773. The van der Waals surface area contributed by atoms with Gasteiger partial charge in [0.05, 0.1) is 6.10 Å². The zero-order valence-electron chi connectivity index (χ0n) is 13.1. The first-order valence-corrected chi connectivity index (χ1v) is 7.24. The Morgan fingerprint density at radius 3 is 2.71 bits per heavy atom. The van der Waals surface area contributed by atoms with Crippen LogP contribution in [0, 0.1) is 12.3 Å². The van der Waals surface area contributed by atoms with Crippen LogP contribution in [0.4, 0.5) is 5.69 Å². The second kappa shape index (κ2) is 5.31. The van der Waals surface area contributed by atoms with E-state index >= 15 is 0 Å². The summed E-state index contributed by atoms with van der Waals surface area (Å²) in [6, 6.07) is 4.83. The van der Waals surface area contributed by atoms with Crippen molar-refractivity contribution in [3.05, 3.63) is 23.8 Å². The molecule has 1 amide bonds. The molecular weight excluding hydrogens is 268 g/mol. The third-order valence-corrected chi connectivity index (χ3v) is 4.69. The second-order valence-corrected chi connectivity index (χ2v) is 6.29. The molecule has 1 fully saturated rings. The lowest BCUT2D eigenvalue weighted by molar-refractivity contribution is -0.166. The summed E-state index contributed by atoms with van der Waals surface area (Å²) in [6.45, 7) is 8.29. The Labute approximate surface area is 125 Å². The average Bonchev–Trinajstić information content (AvgIpc) is 2.41. The number of phenols is 1. The highest BCUT2D eigenvalue weighted by molar-refractivity contribution is 6.00. The average molecular weight is 292 g/mol. The topological polar surface area (TPSA) is 84.6 Å². The molecule has 1 aromatic rings. The van der Waals surface area contributed by atoms with Crippen molar-refractivity contribution in [2.75, 3.05) is 11.9 Å². The van der Waals surface area contributed by atoms with Crippen LogP contribution >= 0.6 is 0 Å². The van der Waals surface area contributed by atoms with Gasteiger partial charge in [0.1, 0.15) is 11.3 Å². The summed E-state index contributed by atoms with van der Waals surface area (Å²) in [5.41, 5.74) is 6.43. The lowest BCUT2D eigenvalue weighted by Gasteiger charge is -2.57. The zero-order chi connectivity index (χ0) is 15.8. The van der Waals surface area contributed by atoms with Gasteiger partial charge < -0.3 is 20.9 Å². The van der Waals surface area contributed by atoms with Crippen molar-refractivity contribution in [1.82, 2.24) is 0 Å². The molecule has 2 rings (SSSR count). The van der Waals surface area contributed by atoms with E-state index in [9.17, 15) is 9.90 Å². The molecule has 1 aliphatic carbocycles. The van der Waals surface area contributed by atoms with E-state index in [2.05, 4.69) is 5.32 Å². The van der Waals surface area contributed by atoms with Gasteiger partial charge in [-0.15, -0.1) is 0 Å². The van der Waals surface area contributed by atoms with Crippen LogP contribution in [0.2, 0.25) is 0 Å². The van der Waals surface area contributed by atoms with Crippen molar-refractivity contribution in [2.24, 2.45) is 11.1 Å². The molecule has 2 unspecified atom stereocenters. The fourth-order valence-electron chi connectivity index (χ4n) is 2.84. The molecule has 1 aliphatic rings. The highest BCUT2D eigenvalue weighted by Crippen LogP contribution is 2.50. The lowest BCUT2D eigenvalue weighted by atomic mass is 9.54. The van der Waals surface area contributed by atoms with Crippen LogP contribution in [0.5, 0.6) is 5.75 Å². The molecule has 5 heteroatoms. The normalized spacial score (nSPS) is 27.0. The number of nitrogens with one attached hydrogen (secondary N) is 1. The van der Waals surface area contributed by atoms with E-state index in [0.717, 1.165) is 5.56 Å². The fourth-order valence-corrected chi connectivity index (χ4v) is 2.84. The van der Waals surface area contributed by atoms with Crippen LogP contribution in [-0.4, -0.2) is 29.3 Å². The molecule has 4 N–H and O–H groups in total. The number of benzene rings is 1. The van der Waals surface area contributed by atoms with Gasteiger partial charge in [-0.2, -0.15) is 0 Å². The monoisotopic (exact) mass is 292 g/mol. The largest absolute Gasteiger partial charge is 0.508 e. The third kappa shape index (κ3) is 2.51. The Balaban J connectivity index is 2.14. The summed E-state index contributed by atoms with van der Waals surface area (Å²) < 4.78 is 5.64. The van der Waals surface area contributed by atoms with Crippen molar-refractivity contribution in [2.45, 2.75) is 45.8 Å². The Morgan fingerprint density at radius 1 is 1.52 bits per heavy atom. The Kier molecular flexibility index (Phi) is 4.00. The van der Waals surface area contributed by atoms with Crippen molar-refractivity contribution in [1.29, 1.82) is 0 Å². The van der Waals surface area contributed by atoms with E-state index < -0.39 is 11.0 Å². The molecule has 0 aromatic heterocycles. The number of aromatic hydroxyl groups is 1. The molecule has 0 aliphatic heterocycles. The smallest absolute Gasteiger partial charge is 0.245 e. The molecule has 2 atom stereocenters. The first-order valence-electron chi connectivity index (χ1n) is 7.24. The van der Waals surface area contributed by atoms with Gasteiger partial charge in [-0.1, -0.05) is 13.8 Å². The Hall–Kier alpha value is -1.59. The van der Waals surface area contributed by atoms with E-state index in [4.69, 9.17) is 10.5 Å². The quantitative estimate of drug-likeness (QED) is 0.743. The first-order chi connectivity index (χ1) is 9.72. The van der Waals surface area contributed by atoms with Crippen LogP contribution in [0.1, 0.15) is 32.8 Å². The number of rotatable bonds is 4. The van der Waals surface area contributed by atoms with E-state index in [1.165, 1.54) is 0 Å². The van der Waals surface area contributed by atoms with Crippen molar-refractivity contribution in [3.8, 4) is 5.75 Å². The van der Waals surface area contributed by atoms with E-state index in [1.807, 2.05) is 27.7 Å². The van der Waals surface area contributed by atoms with E-state index in [0.29, 0.717) is 18.7 Å². The third-order valence-electron chi connectivity index (χ3n) is 4.69. The van der Waals surface area contributed by atoms with Gasteiger partial charge in [0, 0.05) is 24.1 Å². The summed E-state index contributed by atoms with van der Waals surface area (Å²) >= 11 is 0. The summed E-state index contributed by atoms with van der Waals surface area (Å²) in [6.07, 6.45) is 0.510. The van der Waals surface area contributed by atoms with Crippen LogP contribution < -0.4 is 11.1 Å². The van der Waals surface area contributed by atoms with Crippen LogP contribution in [0.25, 0.3) is 0 Å². The van der Waals surface area contributed by atoms with Crippen LogP contribution in [0.15, 0.2) is 18.2 Å². The maximum Gasteiger partial charge on any atom is 0.245 e. The maximum atomic E-state index is 12.6. The Morgan fingerprint density at radius 2 is 2.19 bits per heavy atom. The SMILES string of the molecule is CCOC1CC(N)(C(=O)Nc2ccc(O)cc2C)C1(C)C. The molecule has 1 saturated carbocycles. The standard InChI is InChI=1S/C16H24N2O3/c1-5-21-13-9-16(17,15(13,3)4)14(20)18-12-7-6-11(19)8-10(12)2/h6-8,13,19H,5,9,17H2,1-4H3,(H,18,20). The number of nitrogens with two attached hydrogens (primary N) is 1. The van der Waals surface area contributed by atoms with Gasteiger partial charge in [-0.3, -0.25) is 4.79 Å². The van der Waals surface area contributed by atoms with Gasteiger partial charge in [-0.05, 0) is 37.6 Å². The summed E-state index contributed by atoms with van der Waals surface area (Å²) in [7, 11) is 0. The van der Waals surface area contributed by atoms with Gasteiger partial charge >= 0.3 is 0 Å². The summed E-state index contributed by atoms with van der Waals surface area (Å²) in [5.74, 6) is -0.0365. The molecule has 116 valence electrons. The van der Waals surface area contributed by atoms with Crippen molar-refractivity contribution in [3.63, 3.8) is 0 Å². The number of hydrogen-bond donors (Lipinski definition) is 3. The highest BCUT2D eigenvalue weighted by atomic mass is 16.5. The van der Waals surface area contributed by atoms with Crippen LogP contribution in [0.3, 0.4) is 0 Å². The van der Waals surface area contributed by atoms with Gasteiger partial charge in [0.15, 0.2) is 0 Å². The number of carbonyl (C=O) groups excluding carboxylic acids is 1. The van der Waals surface area contributed by atoms with E-state index in [1.54, 1.807) is 18.2 Å². The predicted octanol–water partition coefficient (Wildman–Crippen LogP) is 2.17. The van der Waals surface area contributed by atoms with E-state index in [-0.39, 0.29) is 17.8 Å². The molecule has 1 aromatic carbocycles. The number of anilines is 1. The zero-order valence-corrected chi connectivity index (χ0v) is 13.1. The number of amides is 1. The lowest BCUT2D eigenvalue weighted by Crippen LogP contribution is -2.74. The van der Waals surface area contributed by atoms with Gasteiger partial charge in [-0.25, -0.2) is 0 Å². The number of hydrogen-bond acceptors (Lipinski definition) is 4. The summed E-state index contributed by atoms with van der Waals surface area (Å²) in [4.78, 5) is 12.6. The number of carbonyl (C=O) groups is 1.